The normalized spacial score (nSPS) is 37.0. The van der Waals surface area contributed by atoms with Gasteiger partial charge in [-0.1, -0.05) is 0 Å². The van der Waals surface area contributed by atoms with Gasteiger partial charge in [-0.2, -0.15) is 0 Å². The van der Waals surface area contributed by atoms with Gasteiger partial charge in [0.25, 0.3) is 0 Å². The summed E-state index contributed by atoms with van der Waals surface area (Å²) >= 11 is 0. The summed E-state index contributed by atoms with van der Waals surface area (Å²) in [6, 6.07) is 0. The SMILES string of the molecule is O=C(C(O)[C@H]1O[C@H](CO)[C@@H](O)[C@H](O)[C@@H]1O)[C@@H](O)[C@H](O)[C@H](O)CO. The van der Waals surface area contributed by atoms with Crippen LogP contribution >= 0.6 is 0 Å². The Morgan fingerprint density at radius 1 is 0.957 bits per heavy atom. The average molecular weight is 342 g/mol. The molecule has 136 valence electrons. The zero-order valence-electron chi connectivity index (χ0n) is 12.0. The molecule has 0 bridgehead atoms. The van der Waals surface area contributed by atoms with E-state index in [1.807, 2.05) is 0 Å². The standard InChI is InChI=1S/C12H22O11/c13-1-3(15)5(16)7(18)9(20)11(22)12-10(21)8(19)6(17)4(2-14)23-12/h3-8,10-19,21-22H,1-2H2/t3-,4-,5-,6-,7+,8+,10+,11?,12+/m1/s1. The molecule has 9 N–H and O–H groups in total. The highest BCUT2D eigenvalue weighted by atomic mass is 16.6. The highest BCUT2D eigenvalue weighted by molar-refractivity contribution is 5.88. The third-order valence-electron chi connectivity index (χ3n) is 3.73. The third-order valence-corrected chi connectivity index (χ3v) is 3.73. The van der Waals surface area contributed by atoms with E-state index >= 15 is 0 Å². The van der Waals surface area contributed by atoms with Crippen molar-refractivity contribution in [2.24, 2.45) is 0 Å². The Morgan fingerprint density at radius 2 is 1.52 bits per heavy atom. The van der Waals surface area contributed by atoms with Gasteiger partial charge in [0.15, 0.2) is 5.78 Å². The number of hydrogen-bond donors (Lipinski definition) is 9. The lowest BCUT2D eigenvalue weighted by atomic mass is 9.89. The van der Waals surface area contributed by atoms with E-state index in [9.17, 15) is 35.4 Å². The zero-order valence-corrected chi connectivity index (χ0v) is 12.0. The molecule has 1 unspecified atom stereocenters. The monoisotopic (exact) mass is 342 g/mol. The summed E-state index contributed by atoms with van der Waals surface area (Å²) in [5.41, 5.74) is 0. The predicted molar refractivity (Wildman–Crippen MR) is 69.9 cm³/mol. The van der Waals surface area contributed by atoms with E-state index in [2.05, 4.69) is 0 Å². The zero-order chi connectivity index (χ0) is 17.9. The molecule has 0 amide bonds. The Morgan fingerprint density at radius 3 is 2.00 bits per heavy atom. The van der Waals surface area contributed by atoms with Crippen molar-refractivity contribution in [2.75, 3.05) is 13.2 Å². The van der Waals surface area contributed by atoms with Crippen molar-refractivity contribution in [1.29, 1.82) is 0 Å². The molecular formula is C12H22O11. The van der Waals surface area contributed by atoms with E-state index < -0.39 is 73.9 Å². The summed E-state index contributed by atoms with van der Waals surface area (Å²) < 4.78 is 4.94. The molecule has 1 aliphatic heterocycles. The first-order chi connectivity index (χ1) is 10.7. The maximum absolute atomic E-state index is 11.9. The number of carbonyl (C=O) groups excluding carboxylic acids is 1. The highest BCUT2D eigenvalue weighted by Crippen LogP contribution is 2.24. The number of rotatable bonds is 7. The van der Waals surface area contributed by atoms with Crippen molar-refractivity contribution in [3.05, 3.63) is 0 Å². The van der Waals surface area contributed by atoms with E-state index in [-0.39, 0.29) is 0 Å². The average Bonchev–Trinajstić information content (AvgIpc) is 2.56. The number of Topliss-reactive ketones (excluding diaryl/α,β-unsaturated/α-hetero) is 1. The number of hydrogen-bond acceptors (Lipinski definition) is 11. The van der Waals surface area contributed by atoms with E-state index in [0.29, 0.717) is 0 Å². The predicted octanol–water partition coefficient (Wildman–Crippen LogP) is -6.17. The molecule has 1 aliphatic rings. The van der Waals surface area contributed by atoms with Gasteiger partial charge in [0.05, 0.1) is 13.2 Å². The second-order valence-corrected chi connectivity index (χ2v) is 5.33. The van der Waals surface area contributed by atoms with Crippen LogP contribution in [0.1, 0.15) is 0 Å². The van der Waals surface area contributed by atoms with Crippen LogP contribution in [-0.2, 0) is 9.53 Å². The first kappa shape index (κ1) is 20.3. The molecule has 11 nitrogen and oxygen atoms in total. The molecule has 0 spiro atoms. The minimum Gasteiger partial charge on any atom is -0.394 e. The van der Waals surface area contributed by atoms with Crippen molar-refractivity contribution in [1.82, 2.24) is 0 Å². The van der Waals surface area contributed by atoms with Crippen molar-refractivity contribution in [3.63, 3.8) is 0 Å². The van der Waals surface area contributed by atoms with Crippen molar-refractivity contribution in [2.45, 2.75) is 54.9 Å². The van der Waals surface area contributed by atoms with Crippen LogP contribution in [0.2, 0.25) is 0 Å². The summed E-state index contributed by atoms with van der Waals surface area (Å²) in [6.45, 7) is -1.74. The summed E-state index contributed by atoms with van der Waals surface area (Å²) in [5, 5.41) is 84.6. The Kier molecular flexibility index (Phi) is 7.41. The molecule has 0 aromatic rings. The maximum atomic E-state index is 11.9. The molecule has 0 saturated carbocycles. The minimum atomic E-state index is -2.31. The number of ether oxygens (including phenoxy) is 1. The second-order valence-electron chi connectivity index (χ2n) is 5.33. The van der Waals surface area contributed by atoms with E-state index in [1.165, 1.54) is 0 Å². The van der Waals surface area contributed by atoms with Crippen LogP contribution in [-0.4, -0.2) is 120 Å². The summed E-state index contributed by atoms with van der Waals surface area (Å²) in [5.74, 6) is -1.45. The molecule has 0 aromatic carbocycles. The van der Waals surface area contributed by atoms with E-state index in [0.717, 1.165) is 0 Å². The largest absolute Gasteiger partial charge is 0.394 e. The summed E-state index contributed by atoms with van der Waals surface area (Å²) in [4.78, 5) is 11.9. The molecule has 1 saturated heterocycles. The third kappa shape index (κ3) is 4.22. The molecule has 9 atom stereocenters. The van der Waals surface area contributed by atoms with Gasteiger partial charge in [0.1, 0.15) is 54.9 Å². The minimum absolute atomic E-state index is 0.781. The second kappa shape index (κ2) is 8.39. The molecule has 1 fully saturated rings. The fourth-order valence-electron chi connectivity index (χ4n) is 2.21. The van der Waals surface area contributed by atoms with Gasteiger partial charge in [0.2, 0.25) is 0 Å². The molecular weight excluding hydrogens is 320 g/mol. The van der Waals surface area contributed by atoms with Gasteiger partial charge >= 0.3 is 0 Å². The van der Waals surface area contributed by atoms with E-state index in [1.54, 1.807) is 0 Å². The number of aliphatic hydroxyl groups is 9. The Hall–Kier alpha value is -0.730. The first-order valence-electron chi connectivity index (χ1n) is 6.84. The van der Waals surface area contributed by atoms with Gasteiger partial charge < -0.3 is 50.7 Å². The van der Waals surface area contributed by atoms with Crippen LogP contribution in [0.4, 0.5) is 0 Å². The van der Waals surface area contributed by atoms with Crippen LogP contribution in [0.3, 0.4) is 0 Å². The first-order valence-corrected chi connectivity index (χ1v) is 6.84. The molecule has 1 rings (SSSR count). The Labute approximate surface area is 130 Å². The van der Waals surface area contributed by atoms with Crippen LogP contribution in [0, 0.1) is 0 Å². The van der Waals surface area contributed by atoms with E-state index in [4.69, 9.17) is 20.1 Å². The quantitative estimate of drug-likeness (QED) is 0.212. The van der Waals surface area contributed by atoms with Crippen LogP contribution < -0.4 is 0 Å². The van der Waals surface area contributed by atoms with Crippen LogP contribution in [0.5, 0.6) is 0 Å². The number of carbonyl (C=O) groups is 1. The number of ketones is 1. The fourth-order valence-corrected chi connectivity index (χ4v) is 2.21. The topological polar surface area (TPSA) is 208 Å². The molecule has 0 aliphatic carbocycles. The Balaban J connectivity index is 2.85. The van der Waals surface area contributed by atoms with Crippen LogP contribution in [0.15, 0.2) is 0 Å². The van der Waals surface area contributed by atoms with Gasteiger partial charge in [-0.25, -0.2) is 0 Å². The van der Waals surface area contributed by atoms with Crippen molar-refractivity contribution >= 4 is 5.78 Å². The lowest BCUT2D eigenvalue weighted by Crippen LogP contribution is -2.63. The van der Waals surface area contributed by atoms with Gasteiger partial charge in [0, 0.05) is 0 Å². The molecule has 23 heavy (non-hydrogen) atoms. The number of aliphatic hydroxyl groups excluding tert-OH is 9. The molecule has 1 heterocycles. The fraction of sp³-hybridized carbons (Fsp3) is 0.917. The smallest absolute Gasteiger partial charge is 0.195 e. The lowest BCUT2D eigenvalue weighted by molar-refractivity contribution is -0.248. The summed E-state index contributed by atoms with van der Waals surface area (Å²) in [7, 11) is 0. The van der Waals surface area contributed by atoms with Gasteiger partial charge in [-0.3, -0.25) is 4.79 Å². The van der Waals surface area contributed by atoms with Gasteiger partial charge in [-0.15, -0.1) is 0 Å². The highest BCUT2D eigenvalue weighted by Gasteiger charge is 2.49. The lowest BCUT2D eigenvalue weighted by Gasteiger charge is -2.41. The van der Waals surface area contributed by atoms with Gasteiger partial charge in [-0.05, 0) is 0 Å². The maximum Gasteiger partial charge on any atom is 0.195 e. The summed E-state index contributed by atoms with van der Waals surface area (Å²) in [6.07, 6.45) is -17.1. The van der Waals surface area contributed by atoms with Crippen LogP contribution in [0.25, 0.3) is 0 Å². The molecule has 0 radical (unpaired) electrons. The van der Waals surface area contributed by atoms with Crippen molar-refractivity contribution < 1.29 is 55.5 Å². The molecule has 11 heteroatoms. The molecule has 0 aromatic heterocycles. The Bertz CT molecular complexity index is 389. The van der Waals surface area contributed by atoms with Crippen molar-refractivity contribution in [3.8, 4) is 0 Å².